The molecule has 0 saturated heterocycles. The molecule has 21 heavy (non-hydrogen) atoms. The van der Waals surface area contributed by atoms with Crippen LogP contribution in [0.25, 0.3) is 0 Å². The molecule has 0 radical (unpaired) electrons. The van der Waals surface area contributed by atoms with Gasteiger partial charge in [0.15, 0.2) is 0 Å². The zero-order chi connectivity index (χ0) is 15.2. The van der Waals surface area contributed by atoms with Gasteiger partial charge in [-0.3, -0.25) is 0 Å². The molecule has 0 bridgehead atoms. The summed E-state index contributed by atoms with van der Waals surface area (Å²) in [7, 11) is 0. The third-order valence-corrected chi connectivity index (χ3v) is 3.74. The van der Waals surface area contributed by atoms with Crippen LogP contribution in [-0.4, -0.2) is 11.5 Å². The van der Waals surface area contributed by atoms with E-state index in [2.05, 4.69) is 55.3 Å². The highest BCUT2D eigenvalue weighted by Crippen LogP contribution is 2.22. The molecule has 1 unspecified atom stereocenters. The van der Waals surface area contributed by atoms with Gasteiger partial charge in [-0.15, -0.1) is 0 Å². The van der Waals surface area contributed by atoms with Gasteiger partial charge in [-0.2, -0.15) is 0 Å². The summed E-state index contributed by atoms with van der Waals surface area (Å²) in [6, 6.07) is 13.2. The average Bonchev–Trinajstić information content (AvgIpc) is 2.47. The second-order valence-electron chi connectivity index (χ2n) is 5.72. The van der Waals surface area contributed by atoms with Gasteiger partial charge < -0.3 is 11.1 Å². The van der Waals surface area contributed by atoms with Crippen LogP contribution in [0.3, 0.4) is 0 Å². The van der Waals surface area contributed by atoms with Crippen LogP contribution in [0.4, 0.5) is 5.82 Å². The first-order valence-electron chi connectivity index (χ1n) is 7.63. The fraction of sp³-hybridized carbons (Fsp3) is 0.389. The molecular formula is C18H25N3. The number of nitrogens with one attached hydrogen (secondary N) is 1. The number of anilines is 1. The summed E-state index contributed by atoms with van der Waals surface area (Å²) in [5.41, 5.74) is 9.67. The van der Waals surface area contributed by atoms with Gasteiger partial charge in [-0.1, -0.05) is 45.0 Å². The van der Waals surface area contributed by atoms with Crippen LogP contribution in [0.2, 0.25) is 0 Å². The largest absolute Gasteiger partial charge is 0.384 e. The van der Waals surface area contributed by atoms with E-state index in [4.69, 9.17) is 5.73 Å². The second-order valence-corrected chi connectivity index (χ2v) is 5.72. The Bertz CT molecular complexity index is 561. The molecule has 0 saturated carbocycles. The first kappa shape index (κ1) is 15.5. The molecule has 0 aliphatic rings. The lowest BCUT2D eigenvalue weighted by atomic mass is 9.95. The third-order valence-electron chi connectivity index (χ3n) is 3.74. The Kier molecular flexibility index (Phi) is 5.34. The number of nitrogens with zero attached hydrogens (tertiary/aromatic N) is 1. The molecule has 3 nitrogen and oxygen atoms in total. The number of benzene rings is 1. The normalized spacial score (nSPS) is 12.6. The van der Waals surface area contributed by atoms with Crippen molar-refractivity contribution in [2.45, 2.75) is 39.2 Å². The van der Waals surface area contributed by atoms with Gasteiger partial charge >= 0.3 is 0 Å². The highest BCUT2D eigenvalue weighted by Gasteiger charge is 2.12. The molecule has 2 aromatic rings. The van der Waals surface area contributed by atoms with E-state index in [0.29, 0.717) is 17.8 Å². The van der Waals surface area contributed by atoms with Crippen molar-refractivity contribution < 1.29 is 0 Å². The topological polar surface area (TPSA) is 50.9 Å². The Morgan fingerprint density at radius 1 is 1.10 bits per heavy atom. The van der Waals surface area contributed by atoms with E-state index >= 15 is 0 Å². The van der Waals surface area contributed by atoms with Crippen molar-refractivity contribution in [3.05, 3.63) is 59.3 Å². The van der Waals surface area contributed by atoms with E-state index in [1.54, 1.807) is 6.20 Å². The molecule has 0 fully saturated rings. The molecule has 1 heterocycles. The van der Waals surface area contributed by atoms with Gasteiger partial charge in [0.1, 0.15) is 5.82 Å². The molecule has 3 heteroatoms. The lowest BCUT2D eigenvalue weighted by Crippen LogP contribution is -2.23. The fourth-order valence-corrected chi connectivity index (χ4v) is 2.52. The van der Waals surface area contributed by atoms with Gasteiger partial charge in [-0.05, 0) is 47.7 Å². The third kappa shape index (κ3) is 4.30. The Morgan fingerprint density at radius 2 is 1.76 bits per heavy atom. The zero-order valence-corrected chi connectivity index (χ0v) is 13.1. The van der Waals surface area contributed by atoms with Gasteiger partial charge in [0.25, 0.3) is 0 Å². The summed E-state index contributed by atoms with van der Waals surface area (Å²) in [5.74, 6) is 1.15. The van der Waals surface area contributed by atoms with Crippen molar-refractivity contribution in [1.82, 2.24) is 10.3 Å². The minimum absolute atomic E-state index is 0.304. The first-order chi connectivity index (χ1) is 10.1. The van der Waals surface area contributed by atoms with E-state index in [-0.39, 0.29) is 0 Å². The van der Waals surface area contributed by atoms with Crippen molar-refractivity contribution >= 4 is 5.82 Å². The molecule has 0 spiro atoms. The Hall–Kier alpha value is -1.87. The monoisotopic (exact) mass is 283 g/mol. The van der Waals surface area contributed by atoms with E-state index in [0.717, 1.165) is 13.0 Å². The number of nitrogen functional groups attached to an aromatic ring is 1. The van der Waals surface area contributed by atoms with Crippen molar-refractivity contribution in [1.29, 1.82) is 0 Å². The van der Waals surface area contributed by atoms with Crippen LogP contribution in [0.15, 0.2) is 42.6 Å². The average molecular weight is 283 g/mol. The van der Waals surface area contributed by atoms with E-state index in [1.165, 1.54) is 16.7 Å². The predicted molar refractivity (Wildman–Crippen MR) is 89.3 cm³/mol. The van der Waals surface area contributed by atoms with Gasteiger partial charge in [0, 0.05) is 12.2 Å². The van der Waals surface area contributed by atoms with E-state index in [1.807, 2.05) is 12.1 Å². The maximum absolute atomic E-state index is 5.77. The molecule has 0 aliphatic heterocycles. The lowest BCUT2D eigenvalue weighted by Gasteiger charge is -2.19. The Balaban J connectivity index is 2.18. The van der Waals surface area contributed by atoms with Crippen LogP contribution in [0.1, 0.15) is 49.4 Å². The molecule has 2 rings (SSSR count). The maximum atomic E-state index is 5.77. The van der Waals surface area contributed by atoms with Crippen LogP contribution in [0, 0.1) is 0 Å². The first-order valence-corrected chi connectivity index (χ1v) is 7.63. The van der Waals surface area contributed by atoms with Crippen molar-refractivity contribution in [2.75, 3.05) is 12.3 Å². The Morgan fingerprint density at radius 3 is 2.33 bits per heavy atom. The smallest absolute Gasteiger partial charge is 0.123 e. The van der Waals surface area contributed by atoms with Crippen molar-refractivity contribution in [3.63, 3.8) is 0 Å². The molecule has 1 aromatic heterocycles. The number of hydrogen-bond donors (Lipinski definition) is 2. The summed E-state index contributed by atoms with van der Waals surface area (Å²) in [5, 5.41) is 3.55. The van der Waals surface area contributed by atoms with Crippen LogP contribution >= 0.6 is 0 Å². The summed E-state index contributed by atoms with van der Waals surface area (Å²) in [6.07, 6.45) is 2.69. The van der Waals surface area contributed by atoms with E-state index in [9.17, 15) is 0 Å². The van der Waals surface area contributed by atoms with Gasteiger partial charge in [0.05, 0.1) is 0 Å². The van der Waals surface area contributed by atoms with Crippen LogP contribution in [-0.2, 0) is 6.42 Å². The molecular weight excluding hydrogens is 258 g/mol. The minimum atomic E-state index is 0.304. The van der Waals surface area contributed by atoms with Crippen LogP contribution in [0.5, 0.6) is 0 Å². The summed E-state index contributed by atoms with van der Waals surface area (Å²) in [6.45, 7) is 7.51. The number of likely N-dealkylation sites (N-methyl/N-ethyl adjacent to an activating group) is 1. The van der Waals surface area contributed by atoms with Crippen LogP contribution < -0.4 is 11.1 Å². The van der Waals surface area contributed by atoms with Crippen molar-refractivity contribution in [2.24, 2.45) is 0 Å². The van der Waals surface area contributed by atoms with E-state index < -0.39 is 0 Å². The highest BCUT2D eigenvalue weighted by molar-refractivity contribution is 5.34. The number of nitrogens with two attached hydrogens (primary N) is 1. The Labute approximate surface area is 127 Å². The standard InChI is InChI=1S/C18H25N3/c1-4-20-17(11-14-9-10-21-18(19)12-14)16-7-5-15(6-8-16)13(2)3/h5-10,12-13,17,20H,4,11H2,1-3H3,(H2,19,21). The second kappa shape index (κ2) is 7.23. The predicted octanol–water partition coefficient (Wildman–Crippen LogP) is 3.68. The highest BCUT2D eigenvalue weighted by atomic mass is 14.9. The molecule has 1 atom stereocenters. The molecule has 112 valence electrons. The molecule has 0 amide bonds. The summed E-state index contributed by atoms with van der Waals surface area (Å²) in [4.78, 5) is 4.05. The fourth-order valence-electron chi connectivity index (χ4n) is 2.52. The molecule has 3 N–H and O–H groups in total. The van der Waals surface area contributed by atoms with Crippen molar-refractivity contribution in [3.8, 4) is 0 Å². The number of rotatable bonds is 6. The molecule has 1 aromatic carbocycles. The quantitative estimate of drug-likeness (QED) is 0.850. The number of hydrogen-bond acceptors (Lipinski definition) is 3. The summed E-state index contributed by atoms with van der Waals surface area (Å²) < 4.78 is 0. The lowest BCUT2D eigenvalue weighted by molar-refractivity contribution is 0.549. The zero-order valence-electron chi connectivity index (χ0n) is 13.1. The minimum Gasteiger partial charge on any atom is -0.384 e. The molecule has 0 aliphatic carbocycles. The number of aromatic nitrogens is 1. The van der Waals surface area contributed by atoms with Gasteiger partial charge in [-0.25, -0.2) is 4.98 Å². The SMILES string of the molecule is CCNC(Cc1ccnc(N)c1)c1ccc(C(C)C)cc1. The maximum Gasteiger partial charge on any atom is 0.123 e. The summed E-state index contributed by atoms with van der Waals surface area (Å²) >= 11 is 0. The van der Waals surface area contributed by atoms with Gasteiger partial charge in [0.2, 0.25) is 0 Å². The number of pyridine rings is 1.